The Morgan fingerprint density at radius 2 is 2.00 bits per heavy atom. The average molecular weight is 166 g/mol. The van der Waals surface area contributed by atoms with Gasteiger partial charge in [-0.25, -0.2) is 0 Å². The lowest BCUT2D eigenvalue weighted by molar-refractivity contribution is -0.888. The summed E-state index contributed by atoms with van der Waals surface area (Å²) in [7, 11) is 4.48. The first-order chi connectivity index (χ1) is 4.14. The molecule has 0 N–H and O–H groups in total. The van der Waals surface area contributed by atoms with E-state index in [1.807, 2.05) is 0 Å². The van der Waals surface area contributed by atoms with Crippen molar-refractivity contribution < 1.29 is 21.6 Å². The van der Waals surface area contributed by atoms with Gasteiger partial charge in [-0.1, -0.05) is 0 Å². The number of epoxide rings is 1. The first-order valence-electron chi connectivity index (χ1n) is 3.57. The molecule has 1 atom stereocenters. The quantitative estimate of drug-likeness (QED) is 0.333. The molecule has 0 saturated carbocycles. The Morgan fingerprint density at radius 1 is 1.50 bits per heavy atom. The maximum absolute atomic E-state index is 5.13. The Morgan fingerprint density at radius 3 is 2.30 bits per heavy atom. The Bertz CT molecular complexity index is 102. The molecule has 1 aliphatic heterocycles. The number of hydrogen-bond donors (Lipinski definition) is 0. The van der Waals surface area contributed by atoms with Crippen LogP contribution in [0, 0.1) is 0 Å². The van der Waals surface area contributed by atoms with E-state index in [1.54, 1.807) is 0 Å². The molecule has 0 aromatic carbocycles. The molecule has 0 radical (unpaired) electrons. The molecular weight excluding hydrogens is 150 g/mol. The molecule has 2 nitrogen and oxygen atoms in total. The molecule has 0 amide bonds. The zero-order valence-electron chi connectivity index (χ0n) is 6.93. The van der Waals surface area contributed by atoms with Gasteiger partial charge in [0.1, 0.15) is 12.6 Å². The van der Waals surface area contributed by atoms with Crippen molar-refractivity contribution in [2.45, 2.75) is 13.0 Å². The Hall–Kier alpha value is 0.210. The van der Waals surface area contributed by atoms with Gasteiger partial charge in [0.2, 0.25) is 0 Å². The van der Waals surface area contributed by atoms with E-state index in [9.17, 15) is 0 Å². The van der Waals surface area contributed by atoms with Crippen LogP contribution in [0.25, 0.3) is 0 Å². The van der Waals surface area contributed by atoms with Gasteiger partial charge in [-0.15, -0.1) is 0 Å². The smallest absolute Gasteiger partial charge is 0.130 e. The molecule has 1 saturated heterocycles. The highest BCUT2D eigenvalue weighted by atomic mass is 35.5. The monoisotopic (exact) mass is 165 g/mol. The van der Waals surface area contributed by atoms with E-state index in [0.717, 1.165) is 11.1 Å². The second-order valence-electron chi connectivity index (χ2n) is 3.39. The zero-order chi connectivity index (χ0) is 6.91. The number of likely N-dealkylation sites (N-methyl/N-ethyl adjacent to an activating group) is 1. The molecule has 62 valence electrons. The Kier molecular flexibility index (Phi) is 3.63. The van der Waals surface area contributed by atoms with Crippen LogP contribution < -0.4 is 12.4 Å². The third kappa shape index (κ3) is 3.40. The SMILES string of the molecule is CC[N+](C)(C)CC1CO1.[Cl-]. The molecule has 1 rings (SSSR count). The number of quaternary nitrogens is 1. The van der Waals surface area contributed by atoms with Gasteiger partial charge >= 0.3 is 0 Å². The number of nitrogens with zero attached hydrogens (tertiary/aromatic N) is 1. The fourth-order valence-electron chi connectivity index (χ4n) is 0.854. The highest BCUT2D eigenvalue weighted by Gasteiger charge is 2.30. The molecule has 0 aromatic heterocycles. The van der Waals surface area contributed by atoms with E-state index in [0.29, 0.717) is 6.10 Å². The molecule has 0 bridgehead atoms. The van der Waals surface area contributed by atoms with Gasteiger partial charge in [0.05, 0.1) is 27.2 Å². The molecule has 1 aliphatic rings. The Balaban J connectivity index is 0.000000810. The first kappa shape index (κ1) is 10.2. The predicted molar refractivity (Wildman–Crippen MR) is 37.3 cm³/mol. The van der Waals surface area contributed by atoms with Gasteiger partial charge in [0.25, 0.3) is 0 Å². The first-order valence-corrected chi connectivity index (χ1v) is 3.57. The van der Waals surface area contributed by atoms with Crippen LogP contribution in [0.2, 0.25) is 0 Å². The van der Waals surface area contributed by atoms with Crippen LogP contribution in [-0.4, -0.2) is 44.4 Å². The summed E-state index contributed by atoms with van der Waals surface area (Å²) >= 11 is 0. The zero-order valence-corrected chi connectivity index (χ0v) is 7.69. The number of hydrogen-bond acceptors (Lipinski definition) is 1. The number of ether oxygens (including phenoxy) is 1. The van der Waals surface area contributed by atoms with Crippen molar-refractivity contribution in [1.29, 1.82) is 0 Å². The van der Waals surface area contributed by atoms with Crippen LogP contribution in [0.3, 0.4) is 0 Å². The molecule has 10 heavy (non-hydrogen) atoms. The summed E-state index contributed by atoms with van der Waals surface area (Å²) < 4.78 is 6.22. The van der Waals surface area contributed by atoms with Gasteiger partial charge in [0.15, 0.2) is 0 Å². The van der Waals surface area contributed by atoms with E-state index in [4.69, 9.17) is 4.74 Å². The maximum atomic E-state index is 5.13. The summed E-state index contributed by atoms with van der Waals surface area (Å²) in [6, 6.07) is 0. The standard InChI is InChI=1S/C7H16NO.ClH/c1-4-8(2,3)5-7-6-9-7;/h7H,4-6H2,1-3H3;1H/q+1;/p-1. The lowest BCUT2D eigenvalue weighted by Gasteiger charge is -2.26. The number of halogens is 1. The summed E-state index contributed by atoms with van der Waals surface area (Å²) in [5.41, 5.74) is 0. The van der Waals surface area contributed by atoms with Crippen LogP contribution in [0.5, 0.6) is 0 Å². The summed E-state index contributed by atoms with van der Waals surface area (Å²) in [6.45, 7) is 5.57. The lowest BCUT2D eigenvalue weighted by atomic mass is 10.4. The van der Waals surface area contributed by atoms with Crippen molar-refractivity contribution in [2.24, 2.45) is 0 Å². The van der Waals surface area contributed by atoms with Crippen LogP contribution in [-0.2, 0) is 4.74 Å². The summed E-state index contributed by atoms with van der Waals surface area (Å²) in [6.07, 6.45) is 0.569. The summed E-state index contributed by atoms with van der Waals surface area (Å²) in [5.74, 6) is 0. The topological polar surface area (TPSA) is 12.5 Å². The van der Waals surface area contributed by atoms with E-state index >= 15 is 0 Å². The Labute approximate surface area is 69.2 Å². The fraction of sp³-hybridized carbons (Fsp3) is 1.00. The predicted octanol–water partition coefficient (Wildman–Crippen LogP) is -2.51. The largest absolute Gasteiger partial charge is 1.00 e. The van der Waals surface area contributed by atoms with Crippen molar-refractivity contribution >= 4 is 0 Å². The normalized spacial score (nSPS) is 23.7. The second kappa shape index (κ2) is 3.56. The van der Waals surface area contributed by atoms with Crippen molar-refractivity contribution in [2.75, 3.05) is 33.8 Å². The highest BCUT2D eigenvalue weighted by Crippen LogP contribution is 2.12. The van der Waals surface area contributed by atoms with Crippen LogP contribution in [0.4, 0.5) is 0 Å². The van der Waals surface area contributed by atoms with Crippen molar-refractivity contribution in [3.8, 4) is 0 Å². The van der Waals surface area contributed by atoms with E-state index in [1.165, 1.54) is 13.1 Å². The lowest BCUT2D eigenvalue weighted by Crippen LogP contribution is -3.00. The molecular formula is C7H16ClNO. The maximum Gasteiger partial charge on any atom is 0.130 e. The van der Waals surface area contributed by atoms with Crippen molar-refractivity contribution in [1.82, 2.24) is 0 Å². The molecule has 0 spiro atoms. The molecule has 0 aromatic rings. The van der Waals surface area contributed by atoms with Gasteiger partial charge in [-0.2, -0.15) is 0 Å². The average Bonchev–Trinajstić information content (AvgIpc) is 2.50. The van der Waals surface area contributed by atoms with Gasteiger partial charge in [-0.05, 0) is 6.92 Å². The molecule has 3 heteroatoms. The van der Waals surface area contributed by atoms with Crippen LogP contribution >= 0.6 is 0 Å². The minimum absolute atomic E-state index is 0. The minimum Gasteiger partial charge on any atom is -1.00 e. The fourth-order valence-corrected chi connectivity index (χ4v) is 0.854. The number of rotatable bonds is 3. The van der Waals surface area contributed by atoms with Gasteiger partial charge < -0.3 is 21.6 Å². The van der Waals surface area contributed by atoms with E-state index in [2.05, 4.69) is 21.0 Å². The third-order valence-electron chi connectivity index (χ3n) is 1.96. The molecule has 1 unspecified atom stereocenters. The summed E-state index contributed by atoms with van der Waals surface area (Å²) in [5, 5.41) is 0. The van der Waals surface area contributed by atoms with E-state index in [-0.39, 0.29) is 12.4 Å². The van der Waals surface area contributed by atoms with Crippen LogP contribution in [0.15, 0.2) is 0 Å². The van der Waals surface area contributed by atoms with Crippen LogP contribution in [0.1, 0.15) is 6.92 Å². The molecule has 1 fully saturated rings. The molecule has 1 heterocycles. The highest BCUT2D eigenvalue weighted by molar-refractivity contribution is 4.67. The van der Waals surface area contributed by atoms with Gasteiger partial charge in [-0.3, -0.25) is 0 Å². The second-order valence-corrected chi connectivity index (χ2v) is 3.39. The van der Waals surface area contributed by atoms with Crippen molar-refractivity contribution in [3.05, 3.63) is 0 Å². The van der Waals surface area contributed by atoms with Crippen molar-refractivity contribution in [3.63, 3.8) is 0 Å². The molecule has 0 aliphatic carbocycles. The van der Waals surface area contributed by atoms with Gasteiger partial charge in [0, 0.05) is 0 Å². The van der Waals surface area contributed by atoms with E-state index < -0.39 is 0 Å². The minimum atomic E-state index is 0. The third-order valence-corrected chi connectivity index (χ3v) is 1.96. The summed E-state index contributed by atoms with van der Waals surface area (Å²) in [4.78, 5) is 0.